The molecule has 2 rings (SSSR count). The third-order valence-corrected chi connectivity index (χ3v) is 2.96. The number of hydrogen-bond donors (Lipinski definition) is 0. The van der Waals surface area contributed by atoms with E-state index in [2.05, 4.69) is 15.9 Å². The Labute approximate surface area is 116 Å². The maximum Gasteiger partial charge on any atom is 0.151 e. The molecule has 0 bridgehead atoms. The molecule has 92 valence electrons. The van der Waals surface area contributed by atoms with Crippen molar-refractivity contribution in [2.24, 2.45) is 0 Å². The van der Waals surface area contributed by atoms with Crippen LogP contribution in [0, 0.1) is 5.82 Å². The number of rotatable bonds is 3. The molecule has 2 aromatic carbocycles. The van der Waals surface area contributed by atoms with Gasteiger partial charge in [0.1, 0.15) is 17.3 Å². The van der Waals surface area contributed by atoms with Crippen molar-refractivity contribution in [2.45, 2.75) is 0 Å². The van der Waals surface area contributed by atoms with Crippen LogP contribution in [0.1, 0.15) is 10.4 Å². The second kappa shape index (κ2) is 5.50. The summed E-state index contributed by atoms with van der Waals surface area (Å²) in [6, 6.07) is 8.85. The lowest BCUT2D eigenvalue weighted by Crippen LogP contribution is -1.88. The van der Waals surface area contributed by atoms with Crippen LogP contribution in [0.2, 0.25) is 5.02 Å². The van der Waals surface area contributed by atoms with E-state index in [-0.39, 0.29) is 5.02 Å². The Hall–Kier alpha value is -1.39. The van der Waals surface area contributed by atoms with Crippen molar-refractivity contribution in [3.05, 3.63) is 57.3 Å². The van der Waals surface area contributed by atoms with Gasteiger partial charge in [0.2, 0.25) is 0 Å². The summed E-state index contributed by atoms with van der Waals surface area (Å²) in [5.41, 5.74) is 0.379. The van der Waals surface area contributed by atoms with Crippen molar-refractivity contribution in [3.8, 4) is 11.5 Å². The summed E-state index contributed by atoms with van der Waals surface area (Å²) in [5, 5.41) is 0.290. The molecule has 0 spiro atoms. The second-order valence-electron chi connectivity index (χ2n) is 3.51. The van der Waals surface area contributed by atoms with Crippen molar-refractivity contribution in [1.82, 2.24) is 0 Å². The van der Waals surface area contributed by atoms with E-state index in [1.165, 1.54) is 18.2 Å². The first-order valence-electron chi connectivity index (χ1n) is 4.97. The summed E-state index contributed by atoms with van der Waals surface area (Å²) in [6.45, 7) is 0. The van der Waals surface area contributed by atoms with Crippen LogP contribution in [0.15, 0.2) is 40.9 Å². The first-order chi connectivity index (χ1) is 8.58. The minimum absolute atomic E-state index is 0.290. The fourth-order valence-electron chi connectivity index (χ4n) is 1.39. The molecule has 0 aromatic heterocycles. The van der Waals surface area contributed by atoms with Gasteiger partial charge in [-0.25, -0.2) is 4.39 Å². The average molecular weight is 330 g/mol. The Morgan fingerprint density at radius 1 is 1.17 bits per heavy atom. The first-order valence-corrected chi connectivity index (χ1v) is 6.14. The Morgan fingerprint density at radius 2 is 1.94 bits per heavy atom. The summed E-state index contributed by atoms with van der Waals surface area (Å²) in [6.07, 6.45) is 0.658. The van der Waals surface area contributed by atoms with Gasteiger partial charge in [-0.1, -0.05) is 27.5 Å². The summed E-state index contributed by atoms with van der Waals surface area (Å²) < 4.78 is 19.2. The molecule has 0 saturated heterocycles. The molecule has 2 aromatic rings. The highest BCUT2D eigenvalue weighted by Gasteiger charge is 2.05. The van der Waals surface area contributed by atoms with E-state index in [4.69, 9.17) is 16.3 Å². The molecule has 0 fully saturated rings. The molecule has 0 aliphatic rings. The molecule has 5 heteroatoms. The maximum atomic E-state index is 13.1. The summed E-state index contributed by atoms with van der Waals surface area (Å²) in [4.78, 5) is 10.6. The molecule has 0 radical (unpaired) electrons. The van der Waals surface area contributed by atoms with Gasteiger partial charge in [0.15, 0.2) is 6.29 Å². The van der Waals surface area contributed by atoms with Crippen LogP contribution in [0.5, 0.6) is 11.5 Å². The first kappa shape index (κ1) is 13.1. The molecule has 0 aliphatic heterocycles. The number of ether oxygens (including phenoxy) is 1. The molecule has 0 N–H and O–H groups in total. The Bertz CT molecular complexity index is 581. The van der Waals surface area contributed by atoms with E-state index in [1.54, 1.807) is 18.2 Å². The standard InChI is InChI=1S/C13H7BrClFO2/c14-9-3-10(16)5-12(4-9)18-11-2-1-8(7-17)13(15)6-11/h1-7H. The fourth-order valence-corrected chi connectivity index (χ4v) is 2.05. The van der Waals surface area contributed by atoms with Gasteiger partial charge in [0.25, 0.3) is 0 Å². The van der Waals surface area contributed by atoms with Crippen LogP contribution in [-0.4, -0.2) is 6.29 Å². The van der Waals surface area contributed by atoms with Crippen LogP contribution in [0.3, 0.4) is 0 Å². The van der Waals surface area contributed by atoms with Crippen LogP contribution < -0.4 is 4.74 Å². The van der Waals surface area contributed by atoms with Crippen molar-refractivity contribution in [1.29, 1.82) is 0 Å². The molecular weight excluding hydrogens is 322 g/mol. The Kier molecular flexibility index (Phi) is 3.99. The van der Waals surface area contributed by atoms with Crippen molar-refractivity contribution < 1.29 is 13.9 Å². The van der Waals surface area contributed by atoms with Gasteiger partial charge >= 0.3 is 0 Å². The molecule has 0 aliphatic carbocycles. The van der Waals surface area contributed by atoms with Gasteiger partial charge < -0.3 is 4.74 Å². The van der Waals surface area contributed by atoms with Gasteiger partial charge in [0.05, 0.1) is 5.02 Å². The summed E-state index contributed by atoms with van der Waals surface area (Å²) >= 11 is 9.03. The smallest absolute Gasteiger partial charge is 0.151 e. The van der Waals surface area contributed by atoms with Crippen LogP contribution >= 0.6 is 27.5 Å². The van der Waals surface area contributed by atoms with Gasteiger partial charge in [-0.3, -0.25) is 4.79 Å². The molecule has 0 amide bonds. The van der Waals surface area contributed by atoms with E-state index < -0.39 is 5.82 Å². The minimum Gasteiger partial charge on any atom is -0.457 e. The third-order valence-electron chi connectivity index (χ3n) is 2.17. The van der Waals surface area contributed by atoms with Crippen molar-refractivity contribution in [2.75, 3.05) is 0 Å². The largest absolute Gasteiger partial charge is 0.457 e. The number of benzene rings is 2. The highest BCUT2D eigenvalue weighted by molar-refractivity contribution is 9.10. The van der Waals surface area contributed by atoms with Gasteiger partial charge in [-0.15, -0.1) is 0 Å². The lowest BCUT2D eigenvalue weighted by Gasteiger charge is -2.07. The van der Waals surface area contributed by atoms with E-state index in [1.807, 2.05) is 0 Å². The van der Waals surface area contributed by atoms with Crippen LogP contribution in [0.4, 0.5) is 4.39 Å². The SMILES string of the molecule is O=Cc1ccc(Oc2cc(F)cc(Br)c2)cc1Cl. The number of halogens is 3. The highest BCUT2D eigenvalue weighted by atomic mass is 79.9. The van der Waals surface area contributed by atoms with E-state index in [0.717, 1.165) is 0 Å². The number of aldehydes is 1. The molecule has 18 heavy (non-hydrogen) atoms. The molecular formula is C13H7BrClFO2. The van der Waals surface area contributed by atoms with Crippen molar-refractivity contribution >= 4 is 33.8 Å². The zero-order chi connectivity index (χ0) is 13.1. The van der Waals surface area contributed by atoms with Gasteiger partial charge in [0, 0.05) is 22.2 Å². The topological polar surface area (TPSA) is 26.3 Å². The van der Waals surface area contributed by atoms with E-state index >= 15 is 0 Å². The van der Waals surface area contributed by atoms with E-state index in [9.17, 15) is 9.18 Å². The zero-order valence-electron chi connectivity index (χ0n) is 8.99. The summed E-state index contributed by atoms with van der Waals surface area (Å²) in [7, 11) is 0. The van der Waals surface area contributed by atoms with Gasteiger partial charge in [-0.2, -0.15) is 0 Å². The second-order valence-corrected chi connectivity index (χ2v) is 4.83. The molecule has 0 heterocycles. The summed E-state index contributed by atoms with van der Waals surface area (Å²) in [5.74, 6) is 0.370. The predicted molar refractivity (Wildman–Crippen MR) is 71.0 cm³/mol. The number of hydrogen-bond acceptors (Lipinski definition) is 2. The zero-order valence-corrected chi connectivity index (χ0v) is 11.3. The fraction of sp³-hybridized carbons (Fsp3) is 0. The molecule has 2 nitrogen and oxygen atoms in total. The molecule has 0 saturated carbocycles. The minimum atomic E-state index is -0.407. The van der Waals surface area contributed by atoms with Crippen LogP contribution in [0.25, 0.3) is 0 Å². The maximum absolute atomic E-state index is 13.1. The highest BCUT2D eigenvalue weighted by Crippen LogP contribution is 2.28. The normalized spacial score (nSPS) is 10.2. The monoisotopic (exact) mass is 328 g/mol. The predicted octanol–water partition coefficient (Wildman–Crippen LogP) is 4.85. The number of carbonyl (C=O) groups is 1. The molecule has 0 atom stereocenters. The Morgan fingerprint density at radius 3 is 2.56 bits per heavy atom. The van der Waals surface area contributed by atoms with E-state index in [0.29, 0.717) is 27.8 Å². The third kappa shape index (κ3) is 3.09. The quantitative estimate of drug-likeness (QED) is 0.753. The van der Waals surface area contributed by atoms with Crippen LogP contribution in [-0.2, 0) is 0 Å². The number of carbonyl (C=O) groups excluding carboxylic acids is 1. The molecule has 0 unspecified atom stereocenters. The lowest BCUT2D eigenvalue weighted by atomic mass is 10.2. The average Bonchev–Trinajstić information content (AvgIpc) is 2.27. The Balaban J connectivity index is 2.28. The van der Waals surface area contributed by atoms with Crippen molar-refractivity contribution in [3.63, 3.8) is 0 Å². The lowest BCUT2D eigenvalue weighted by molar-refractivity contribution is 0.112. The van der Waals surface area contributed by atoms with Gasteiger partial charge in [-0.05, 0) is 24.3 Å².